The zero-order valence-corrected chi connectivity index (χ0v) is 20.3. The molecule has 2 saturated heterocycles. The molecule has 2 aliphatic heterocycles. The van der Waals surface area contributed by atoms with Crippen LogP contribution in [0.3, 0.4) is 0 Å². The van der Waals surface area contributed by atoms with Gasteiger partial charge in [0.25, 0.3) is 5.91 Å². The summed E-state index contributed by atoms with van der Waals surface area (Å²) >= 11 is 0. The second-order valence-corrected chi connectivity index (χ2v) is 10.3. The topological polar surface area (TPSA) is 61.9 Å². The lowest BCUT2D eigenvalue weighted by molar-refractivity contribution is -0.128. The van der Waals surface area contributed by atoms with Gasteiger partial charge in [0, 0.05) is 43.8 Å². The molecule has 0 bridgehead atoms. The van der Waals surface area contributed by atoms with Gasteiger partial charge in [-0.1, -0.05) is 36.4 Å². The van der Waals surface area contributed by atoms with Gasteiger partial charge in [-0.3, -0.25) is 14.5 Å². The molecule has 2 aliphatic rings. The molecule has 0 spiro atoms. The number of carbonyl (C=O) groups is 2. The highest BCUT2D eigenvalue weighted by molar-refractivity contribution is 6.07. The molecular weight excluding hydrogens is 414 g/mol. The van der Waals surface area contributed by atoms with Gasteiger partial charge >= 0.3 is 0 Å². The molecule has 2 amide bonds. The summed E-state index contributed by atoms with van der Waals surface area (Å²) in [5.74, 6) is -0.107. The summed E-state index contributed by atoms with van der Waals surface area (Å²) in [7, 11) is 0. The molecule has 2 aromatic rings. The van der Waals surface area contributed by atoms with Crippen molar-refractivity contribution in [2.45, 2.75) is 58.3 Å². The van der Waals surface area contributed by atoms with Crippen molar-refractivity contribution in [3.63, 3.8) is 0 Å². The summed E-state index contributed by atoms with van der Waals surface area (Å²) < 4.78 is 5.86. The molecule has 33 heavy (non-hydrogen) atoms. The lowest BCUT2D eigenvalue weighted by Gasteiger charge is -2.45. The van der Waals surface area contributed by atoms with E-state index in [1.807, 2.05) is 47.4 Å². The Bertz CT molecular complexity index is 990. The average molecular weight is 452 g/mol. The number of ether oxygens (including phenoxy) is 1. The SMILES string of the molecule is C[C@@H]1CN(C(C)(C)CNC(=O)[C@@H]2CCCN(C(=O)c3cccc4ccccc34)C2)C[C@@H](C)O1. The van der Waals surface area contributed by atoms with E-state index in [4.69, 9.17) is 4.74 Å². The summed E-state index contributed by atoms with van der Waals surface area (Å²) in [6, 6.07) is 13.8. The average Bonchev–Trinajstić information content (AvgIpc) is 2.81. The Morgan fingerprint density at radius 2 is 1.73 bits per heavy atom. The number of nitrogens with zero attached hydrogens (tertiary/aromatic N) is 2. The van der Waals surface area contributed by atoms with Crippen LogP contribution in [0.1, 0.15) is 50.9 Å². The second kappa shape index (κ2) is 9.82. The highest BCUT2D eigenvalue weighted by atomic mass is 16.5. The van der Waals surface area contributed by atoms with Crippen LogP contribution < -0.4 is 5.32 Å². The lowest BCUT2D eigenvalue weighted by Crippen LogP contribution is -2.59. The first kappa shape index (κ1) is 23.7. The molecule has 2 aromatic carbocycles. The molecule has 0 unspecified atom stereocenters. The van der Waals surface area contributed by atoms with Crippen LogP contribution in [0.15, 0.2) is 42.5 Å². The number of fused-ring (bicyclic) bond motifs is 1. The third-order valence-corrected chi connectivity index (χ3v) is 7.07. The molecule has 6 nitrogen and oxygen atoms in total. The number of amides is 2. The van der Waals surface area contributed by atoms with E-state index in [1.165, 1.54) is 0 Å². The molecule has 3 atom stereocenters. The predicted octanol–water partition coefficient (Wildman–Crippen LogP) is 3.70. The van der Waals surface area contributed by atoms with Gasteiger partial charge in [-0.2, -0.15) is 0 Å². The number of hydrogen-bond donors (Lipinski definition) is 1. The first-order valence-electron chi connectivity index (χ1n) is 12.2. The number of benzene rings is 2. The van der Waals surface area contributed by atoms with E-state index < -0.39 is 0 Å². The van der Waals surface area contributed by atoms with Gasteiger partial charge in [-0.25, -0.2) is 0 Å². The second-order valence-electron chi connectivity index (χ2n) is 10.3. The van der Waals surface area contributed by atoms with E-state index in [9.17, 15) is 9.59 Å². The Balaban J connectivity index is 1.38. The van der Waals surface area contributed by atoms with Gasteiger partial charge < -0.3 is 15.0 Å². The molecule has 1 N–H and O–H groups in total. The fourth-order valence-corrected chi connectivity index (χ4v) is 5.19. The Hall–Kier alpha value is -2.44. The Morgan fingerprint density at radius 3 is 2.48 bits per heavy atom. The minimum Gasteiger partial charge on any atom is -0.373 e. The molecular formula is C27H37N3O3. The van der Waals surface area contributed by atoms with Crippen molar-refractivity contribution in [2.24, 2.45) is 5.92 Å². The number of piperidine rings is 1. The fourth-order valence-electron chi connectivity index (χ4n) is 5.19. The third-order valence-electron chi connectivity index (χ3n) is 7.07. The molecule has 2 heterocycles. The van der Waals surface area contributed by atoms with Crippen molar-refractivity contribution in [1.82, 2.24) is 15.1 Å². The van der Waals surface area contributed by atoms with Gasteiger partial charge in [0.15, 0.2) is 0 Å². The smallest absolute Gasteiger partial charge is 0.254 e. The number of rotatable bonds is 5. The normalized spacial score (nSPS) is 24.6. The van der Waals surface area contributed by atoms with Gasteiger partial charge in [-0.05, 0) is 57.4 Å². The quantitative estimate of drug-likeness (QED) is 0.753. The molecule has 0 aromatic heterocycles. The minimum absolute atomic E-state index is 0.0147. The van der Waals surface area contributed by atoms with Crippen LogP contribution >= 0.6 is 0 Å². The van der Waals surface area contributed by atoms with E-state index in [2.05, 4.69) is 37.9 Å². The van der Waals surface area contributed by atoms with Crippen molar-refractivity contribution in [3.8, 4) is 0 Å². The van der Waals surface area contributed by atoms with E-state index >= 15 is 0 Å². The number of carbonyl (C=O) groups excluding carboxylic acids is 2. The molecule has 4 rings (SSSR count). The molecule has 178 valence electrons. The largest absolute Gasteiger partial charge is 0.373 e. The van der Waals surface area contributed by atoms with E-state index in [0.29, 0.717) is 25.2 Å². The maximum absolute atomic E-state index is 13.3. The van der Waals surface area contributed by atoms with E-state index in [1.54, 1.807) is 0 Å². The molecule has 6 heteroatoms. The third kappa shape index (κ3) is 5.39. The maximum Gasteiger partial charge on any atom is 0.254 e. The summed E-state index contributed by atoms with van der Waals surface area (Å²) in [5.41, 5.74) is 0.556. The summed E-state index contributed by atoms with van der Waals surface area (Å²) in [6.45, 7) is 12.0. The first-order valence-corrected chi connectivity index (χ1v) is 12.2. The predicted molar refractivity (Wildman–Crippen MR) is 131 cm³/mol. The van der Waals surface area contributed by atoms with Crippen molar-refractivity contribution < 1.29 is 14.3 Å². The summed E-state index contributed by atoms with van der Waals surface area (Å²) in [5, 5.41) is 5.21. The van der Waals surface area contributed by atoms with Crippen LogP contribution in [0.4, 0.5) is 0 Å². The number of likely N-dealkylation sites (tertiary alicyclic amines) is 1. The fraction of sp³-hybridized carbons (Fsp3) is 0.556. The van der Waals surface area contributed by atoms with Crippen LogP contribution in [0.25, 0.3) is 10.8 Å². The highest BCUT2D eigenvalue weighted by Gasteiger charge is 2.35. The zero-order valence-electron chi connectivity index (χ0n) is 20.3. The van der Waals surface area contributed by atoms with Crippen LogP contribution in [0.5, 0.6) is 0 Å². The Labute approximate surface area is 197 Å². The zero-order chi connectivity index (χ0) is 23.6. The monoisotopic (exact) mass is 451 g/mol. The van der Waals surface area contributed by atoms with Crippen molar-refractivity contribution in [3.05, 3.63) is 48.0 Å². The molecule has 0 radical (unpaired) electrons. The van der Waals surface area contributed by atoms with E-state index in [-0.39, 0.29) is 35.5 Å². The Kier molecular flexibility index (Phi) is 7.05. The maximum atomic E-state index is 13.3. The summed E-state index contributed by atoms with van der Waals surface area (Å²) in [6.07, 6.45) is 2.04. The van der Waals surface area contributed by atoms with Gasteiger partial charge in [0.05, 0.1) is 18.1 Å². The number of nitrogens with one attached hydrogen (secondary N) is 1. The van der Waals surface area contributed by atoms with Crippen LogP contribution in [-0.2, 0) is 9.53 Å². The lowest BCUT2D eigenvalue weighted by atomic mass is 9.94. The Morgan fingerprint density at radius 1 is 1.03 bits per heavy atom. The van der Waals surface area contributed by atoms with Crippen LogP contribution in [-0.4, -0.2) is 72.1 Å². The minimum atomic E-state index is -0.170. The van der Waals surface area contributed by atoms with Crippen molar-refractivity contribution in [2.75, 3.05) is 32.7 Å². The number of hydrogen-bond acceptors (Lipinski definition) is 4. The molecule has 2 fully saturated rings. The summed E-state index contributed by atoms with van der Waals surface area (Å²) in [4.78, 5) is 30.7. The molecule has 0 aliphatic carbocycles. The standard InChI is InChI=1S/C27H37N3O3/c1-19-15-30(16-20(2)33-19)27(3,4)18-28-25(31)22-11-8-14-29(17-22)26(32)24-13-7-10-21-9-5-6-12-23(21)24/h5-7,9-10,12-13,19-20,22H,8,11,14-18H2,1-4H3,(H,28,31)/t19-,20-,22-/m1/s1. The van der Waals surface area contributed by atoms with Crippen molar-refractivity contribution >= 4 is 22.6 Å². The van der Waals surface area contributed by atoms with Gasteiger partial charge in [-0.15, -0.1) is 0 Å². The first-order chi connectivity index (χ1) is 15.7. The van der Waals surface area contributed by atoms with Crippen LogP contribution in [0, 0.1) is 5.92 Å². The van der Waals surface area contributed by atoms with Gasteiger partial charge in [0.1, 0.15) is 0 Å². The highest BCUT2D eigenvalue weighted by Crippen LogP contribution is 2.25. The van der Waals surface area contributed by atoms with Crippen molar-refractivity contribution in [1.29, 1.82) is 0 Å². The molecule has 0 saturated carbocycles. The van der Waals surface area contributed by atoms with E-state index in [0.717, 1.165) is 36.7 Å². The van der Waals surface area contributed by atoms with Gasteiger partial charge in [0.2, 0.25) is 5.91 Å². The number of morpholine rings is 1. The van der Waals surface area contributed by atoms with Crippen LogP contribution in [0.2, 0.25) is 0 Å².